The zero-order valence-electron chi connectivity index (χ0n) is 13.3. The van der Waals surface area contributed by atoms with E-state index in [-0.39, 0.29) is 11.4 Å². The number of fused-ring (bicyclic) bond motifs is 2. The number of anilines is 1. The van der Waals surface area contributed by atoms with Crippen molar-refractivity contribution in [3.05, 3.63) is 65.8 Å². The first-order valence-corrected chi connectivity index (χ1v) is 7.77. The molecule has 5 heteroatoms. The van der Waals surface area contributed by atoms with Gasteiger partial charge in [-0.05, 0) is 44.2 Å². The smallest absolute Gasteiger partial charge is 0.153 e. The van der Waals surface area contributed by atoms with Gasteiger partial charge in [0.25, 0.3) is 0 Å². The van der Waals surface area contributed by atoms with Gasteiger partial charge in [-0.3, -0.25) is 0 Å². The molecule has 0 saturated carbocycles. The maximum Gasteiger partial charge on any atom is 0.153 e. The van der Waals surface area contributed by atoms with Crippen LogP contribution in [-0.2, 0) is 0 Å². The molecule has 0 bridgehead atoms. The van der Waals surface area contributed by atoms with Gasteiger partial charge in [0.05, 0.1) is 11.9 Å². The highest BCUT2D eigenvalue weighted by Gasteiger charge is 2.35. The molecule has 118 valence electrons. The summed E-state index contributed by atoms with van der Waals surface area (Å²) in [5, 5.41) is 3.57. The zero-order chi connectivity index (χ0) is 16.0. The van der Waals surface area contributed by atoms with E-state index in [0.29, 0.717) is 0 Å². The summed E-state index contributed by atoms with van der Waals surface area (Å²) >= 11 is 0. The van der Waals surface area contributed by atoms with E-state index in [1.807, 2.05) is 12.3 Å². The van der Waals surface area contributed by atoms with Gasteiger partial charge in [-0.2, -0.15) is 0 Å². The number of benzene rings is 1. The summed E-state index contributed by atoms with van der Waals surface area (Å²) in [5.41, 5.74) is 3.40. The average Bonchev–Trinajstić information content (AvgIpc) is 2.54. The Bertz CT molecular complexity index is 756. The fraction of sp³-hybridized carbons (Fsp3) is 0.278. The number of halogens is 1. The summed E-state index contributed by atoms with van der Waals surface area (Å²) in [6.45, 7) is 5.17. The van der Waals surface area contributed by atoms with Crippen molar-refractivity contribution in [2.45, 2.75) is 25.8 Å². The second-order valence-corrected chi connectivity index (χ2v) is 6.63. The van der Waals surface area contributed by atoms with Crippen LogP contribution in [-0.4, -0.2) is 23.2 Å². The lowest BCUT2D eigenvalue weighted by Crippen LogP contribution is -2.50. The van der Waals surface area contributed by atoms with Gasteiger partial charge < -0.3 is 15.1 Å². The maximum atomic E-state index is 13.3. The van der Waals surface area contributed by atoms with Crippen LogP contribution in [0.1, 0.15) is 20.3 Å². The normalized spacial score (nSPS) is 22.0. The lowest BCUT2D eigenvalue weighted by Gasteiger charge is -2.44. The Labute approximate surface area is 135 Å². The van der Waals surface area contributed by atoms with Crippen molar-refractivity contribution < 1.29 is 4.39 Å². The van der Waals surface area contributed by atoms with E-state index in [4.69, 9.17) is 0 Å². The van der Waals surface area contributed by atoms with Gasteiger partial charge >= 0.3 is 0 Å². The fourth-order valence-corrected chi connectivity index (χ4v) is 3.19. The molecule has 1 N–H and O–H groups in total. The molecule has 4 rings (SSSR count). The Hall–Kier alpha value is -2.40. The molecule has 0 aromatic heterocycles. The van der Waals surface area contributed by atoms with Crippen molar-refractivity contribution in [3.63, 3.8) is 0 Å². The van der Waals surface area contributed by atoms with Crippen molar-refractivity contribution in [1.82, 2.24) is 10.2 Å². The maximum absolute atomic E-state index is 13.3. The minimum Gasteiger partial charge on any atom is -0.314 e. The minimum atomic E-state index is -0.226. The SMILES string of the molecule is CC1(C)CC2=C(CN1)N(c1ccc(F)cc1)C=C1N=CC=CN12. The number of nitrogens with zero attached hydrogens (tertiary/aromatic N) is 3. The topological polar surface area (TPSA) is 30.9 Å². The van der Waals surface area contributed by atoms with Gasteiger partial charge in [0.2, 0.25) is 0 Å². The molecule has 23 heavy (non-hydrogen) atoms. The van der Waals surface area contributed by atoms with E-state index < -0.39 is 0 Å². The fourth-order valence-electron chi connectivity index (χ4n) is 3.19. The van der Waals surface area contributed by atoms with E-state index >= 15 is 0 Å². The van der Waals surface area contributed by atoms with Crippen molar-refractivity contribution >= 4 is 11.9 Å². The number of hydrogen-bond acceptors (Lipinski definition) is 4. The first kappa shape index (κ1) is 14.2. The van der Waals surface area contributed by atoms with Crippen LogP contribution in [0.3, 0.4) is 0 Å². The van der Waals surface area contributed by atoms with Gasteiger partial charge in [0.1, 0.15) is 5.82 Å². The van der Waals surface area contributed by atoms with Crippen LogP contribution < -0.4 is 10.2 Å². The van der Waals surface area contributed by atoms with Crippen LogP contribution in [0, 0.1) is 5.82 Å². The van der Waals surface area contributed by atoms with E-state index in [1.54, 1.807) is 18.3 Å². The highest BCUT2D eigenvalue weighted by atomic mass is 19.1. The summed E-state index contributed by atoms with van der Waals surface area (Å²) < 4.78 is 13.3. The van der Waals surface area contributed by atoms with E-state index in [1.165, 1.54) is 23.5 Å². The average molecular weight is 310 g/mol. The molecular weight excluding hydrogens is 291 g/mol. The number of aliphatic imine (C=N–C) groups is 1. The van der Waals surface area contributed by atoms with Crippen molar-refractivity contribution in [1.29, 1.82) is 0 Å². The van der Waals surface area contributed by atoms with Crippen LogP contribution in [0.15, 0.2) is 64.9 Å². The molecule has 3 heterocycles. The Balaban J connectivity index is 1.82. The van der Waals surface area contributed by atoms with E-state index in [0.717, 1.165) is 24.5 Å². The molecule has 0 radical (unpaired) electrons. The first-order valence-electron chi connectivity index (χ1n) is 7.77. The molecule has 1 aromatic rings. The van der Waals surface area contributed by atoms with Gasteiger partial charge in [-0.25, -0.2) is 9.38 Å². The summed E-state index contributed by atoms with van der Waals surface area (Å²) in [4.78, 5) is 8.75. The van der Waals surface area contributed by atoms with Crippen molar-refractivity contribution in [3.8, 4) is 0 Å². The highest BCUT2D eigenvalue weighted by molar-refractivity contribution is 5.74. The first-order chi connectivity index (χ1) is 11.0. The molecule has 0 fully saturated rings. The minimum absolute atomic E-state index is 0.0325. The number of allylic oxidation sites excluding steroid dienone is 1. The van der Waals surface area contributed by atoms with E-state index in [2.05, 4.69) is 40.2 Å². The standard InChI is InChI=1S/C18H19FN4/c1-18(2)10-15-16(11-21-18)23(14-6-4-13(19)5-7-14)12-17-20-8-3-9-22(15)17/h3-9,12,21H,10-11H2,1-2H3. The Morgan fingerprint density at radius 2 is 1.91 bits per heavy atom. The molecule has 0 spiro atoms. The van der Waals surface area contributed by atoms with Gasteiger partial charge in [-0.1, -0.05) is 0 Å². The molecular formula is C18H19FN4. The predicted octanol–water partition coefficient (Wildman–Crippen LogP) is 3.33. The summed E-state index contributed by atoms with van der Waals surface area (Å²) in [6, 6.07) is 6.58. The number of hydrogen-bond donors (Lipinski definition) is 1. The third-order valence-corrected chi connectivity index (χ3v) is 4.38. The largest absolute Gasteiger partial charge is 0.314 e. The van der Waals surface area contributed by atoms with Gasteiger partial charge in [0.15, 0.2) is 5.82 Å². The van der Waals surface area contributed by atoms with Gasteiger partial charge in [0, 0.05) is 42.3 Å². The summed E-state index contributed by atoms with van der Waals surface area (Å²) in [7, 11) is 0. The van der Waals surface area contributed by atoms with Crippen LogP contribution in [0.4, 0.5) is 10.1 Å². The molecule has 3 aliphatic heterocycles. The lowest BCUT2D eigenvalue weighted by atomic mass is 9.91. The van der Waals surface area contributed by atoms with Crippen molar-refractivity contribution in [2.75, 3.05) is 11.4 Å². The molecule has 0 aliphatic carbocycles. The Morgan fingerprint density at radius 3 is 2.70 bits per heavy atom. The van der Waals surface area contributed by atoms with Crippen LogP contribution in [0.25, 0.3) is 0 Å². The van der Waals surface area contributed by atoms with Crippen LogP contribution in [0.2, 0.25) is 0 Å². The second kappa shape index (κ2) is 5.06. The Morgan fingerprint density at radius 1 is 1.13 bits per heavy atom. The lowest BCUT2D eigenvalue weighted by molar-refractivity contribution is 0.332. The molecule has 4 nitrogen and oxygen atoms in total. The predicted molar refractivity (Wildman–Crippen MR) is 90.2 cm³/mol. The molecule has 0 atom stereocenters. The molecule has 3 aliphatic rings. The molecule has 0 unspecified atom stereocenters. The van der Waals surface area contributed by atoms with E-state index in [9.17, 15) is 4.39 Å². The second-order valence-electron chi connectivity index (χ2n) is 6.63. The Kier molecular flexibility index (Phi) is 3.13. The number of rotatable bonds is 1. The zero-order valence-corrected chi connectivity index (χ0v) is 13.3. The highest BCUT2D eigenvalue weighted by Crippen LogP contribution is 2.38. The number of nitrogens with one attached hydrogen (secondary N) is 1. The summed E-state index contributed by atoms with van der Waals surface area (Å²) in [5.74, 6) is 0.657. The van der Waals surface area contributed by atoms with Gasteiger partial charge in [-0.15, -0.1) is 0 Å². The van der Waals surface area contributed by atoms with Crippen LogP contribution in [0.5, 0.6) is 0 Å². The third kappa shape index (κ3) is 2.47. The third-order valence-electron chi connectivity index (χ3n) is 4.38. The van der Waals surface area contributed by atoms with Crippen molar-refractivity contribution in [2.24, 2.45) is 4.99 Å². The monoisotopic (exact) mass is 310 g/mol. The van der Waals surface area contributed by atoms with Crippen LogP contribution >= 0.6 is 0 Å². The molecule has 0 amide bonds. The molecule has 1 aromatic carbocycles. The summed E-state index contributed by atoms with van der Waals surface area (Å²) in [6.07, 6.45) is 8.70. The molecule has 0 saturated heterocycles. The quantitative estimate of drug-likeness (QED) is 0.863.